The molecule has 0 aromatic rings. The number of hydrogen-bond acceptors (Lipinski definition) is 5. The van der Waals surface area contributed by atoms with Gasteiger partial charge in [0.05, 0.1) is 19.1 Å². The van der Waals surface area contributed by atoms with Crippen molar-refractivity contribution in [3.63, 3.8) is 0 Å². The number of nitrogens with zero attached hydrogens (tertiary/aromatic N) is 1. The van der Waals surface area contributed by atoms with Gasteiger partial charge in [-0.2, -0.15) is 0 Å². The first-order chi connectivity index (χ1) is 10.5. The quantitative estimate of drug-likeness (QED) is 0.648. The number of aliphatic hydroxyl groups excluding tert-OH is 1. The number of likely N-dealkylation sites (tertiary alicyclic amines) is 1. The third-order valence-corrected chi connectivity index (χ3v) is 4.08. The minimum absolute atomic E-state index is 0.0110. The van der Waals surface area contributed by atoms with Gasteiger partial charge in [-0.1, -0.05) is 13.8 Å². The molecule has 1 amide bonds. The van der Waals surface area contributed by atoms with Gasteiger partial charge in [-0.25, -0.2) is 0 Å². The molecule has 2 unspecified atom stereocenters. The maximum absolute atomic E-state index is 12.2. The van der Waals surface area contributed by atoms with E-state index >= 15 is 0 Å². The zero-order valence-electron chi connectivity index (χ0n) is 14.0. The molecule has 0 bridgehead atoms. The second-order valence-corrected chi connectivity index (χ2v) is 6.26. The van der Waals surface area contributed by atoms with Crippen LogP contribution in [0, 0.1) is 11.8 Å². The van der Waals surface area contributed by atoms with Crippen molar-refractivity contribution in [2.75, 3.05) is 32.8 Å². The van der Waals surface area contributed by atoms with Gasteiger partial charge in [0.1, 0.15) is 0 Å². The molecule has 1 rings (SSSR count). The number of esters is 1. The first-order valence-electron chi connectivity index (χ1n) is 8.27. The van der Waals surface area contributed by atoms with E-state index in [9.17, 15) is 9.59 Å². The number of rotatable bonds is 8. The van der Waals surface area contributed by atoms with Crippen LogP contribution < -0.4 is 5.32 Å². The van der Waals surface area contributed by atoms with Crippen molar-refractivity contribution < 1.29 is 19.4 Å². The lowest BCUT2D eigenvalue weighted by atomic mass is 9.98. The molecule has 2 N–H and O–H groups in total. The molecule has 0 spiro atoms. The second-order valence-electron chi connectivity index (χ2n) is 6.26. The highest BCUT2D eigenvalue weighted by molar-refractivity contribution is 5.78. The van der Waals surface area contributed by atoms with Gasteiger partial charge in [-0.3, -0.25) is 14.5 Å². The van der Waals surface area contributed by atoms with Gasteiger partial charge in [0.15, 0.2) is 0 Å². The van der Waals surface area contributed by atoms with Crippen LogP contribution >= 0.6 is 0 Å². The molecular formula is C16H30N2O4. The topological polar surface area (TPSA) is 78.9 Å². The summed E-state index contributed by atoms with van der Waals surface area (Å²) in [5.41, 5.74) is 0. The molecule has 0 aromatic heterocycles. The fraction of sp³-hybridized carbons (Fsp3) is 0.875. The fourth-order valence-electron chi connectivity index (χ4n) is 2.82. The standard InChI is InChI=1S/C16H30N2O4/c1-4-22-16(21)13-6-5-8-18(10-13)11-15(20)17-14(7-9-19)12(2)3/h12-14,19H,4-11H2,1-3H3,(H,17,20). The summed E-state index contributed by atoms with van der Waals surface area (Å²) in [6.07, 6.45) is 2.30. The number of amides is 1. The van der Waals surface area contributed by atoms with Gasteiger partial charge < -0.3 is 15.2 Å². The summed E-state index contributed by atoms with van der Waals surface area (Å²) in [7, 11) is 0. The molecule has 6 nitrogen and oxygen atoms in total. The zero-order chi connectivity index (χ0) is 16.5. The van der Waals surface area contributed by atoms with Gasteiger partial charge in [-0.05, 0) is 38.6 Å². The van der Waals surface area contributed by atoms with Crippen molar-refractivity contribution in [1.29, 1.82) is 0 Å². The van der Waals surface area contributed by atoms with Crippen molar-refractivity contribution in [3.05, 3.63) is 0 Å². The molecule has 1 heterocycles. The van der Waals surface area contributed by atoms with E-state index in [1.54, 1.807) is 6.92 Å². The summed E-state index contributed by atoms with van der Waals surface area (Å²) < 4.78 is 5.07. The SMILES string of the molecule is CCOC(=O)C1CCCN(CC(=O)NC(CCO)C(C)C)C1. The third kappa shape index (κ3) is 6.32. The molecule has 128 valence electrons. The summed E-state index contributed by atoms with van der Waals surface area (Å²) in [6.45, 7) is 8.03. The van der Waals surface area contributed by atoms with E-state index < -0.39 is 0 Å². The van der Waals surface area contributed by atoms with E-state index in [0.29, 0.717) is 26.1 Å². The average Bonchev–Trinajstić information content (AvgIpc) is 2.47. The maximum atomic E-state index is 12.2. The Morgan fingerprint density at radius 1 is 1.41 bits per heavy atom. The molecule has 2 atom stereocenters. The number of piperidine rings is 1. The molecule has 1 aliphatic heterocycles. The number of nitrogens with one attached hydrogen (secondary N) is 1. The Kier molecular flexibility index (Phi) is 8.42. The monoisotopic (exact) mass is 314 g/mol. The number of hydrogen-bond donors (Lipinski definition) is 2. The molecule has 0 saturated carbocycles. The molecule has 6 heteroatoms. The largest absolute Gasteiger partial charge is 0.466 e. The van der Waals surface area contributed by atoms with Crippen molar-refractivity contribution >= 4 is 11.9 Å². The fourth-order valence-corrected chi connectivity index (χ4v) is 2.82. The Labute approximate surface area is 133 Å². The predicted octanol–water partition coefficient (Wildman–Crippen LogP) is 0.785. The van der Waals surface area contributed by atoms with Gasteiger partial charge in [0.2, 0.25) is 5.91 Å². The molecule has 1 aliphatic rings. The smallest absolute Gasteiger partial charge is 0.310 e. The Balaban J connectivity index is 2.44. The summed E-state index contributed by atoms with van der Waals surface area (Å²) in [6, 6.07) is -0.0110. The molecular weight excluding hydrogens is 284 g/mol. The maximum Gasteiger partial charge on any atom is 0.310 e. The Morgan fingerprint density at radius 3 is 2.73 bits per heavy atom. The van der Waals surface area contributed by atoms with Gasteiger partial charge >= 0.3 is 5.97 Å². The van der Waals surface area contributed by atoms with Crippen molar-refractivity contribution in [1.82, 2.24) is 10.2 Å². The van der Waals surface area contributed by atoms with Crippen LogP contribution in [0.2, 0.25) is 0 Å². The molecule has 0 radical (unpaired) electrons. The number of aliphatic hydroxyl groups is 1. The van der Waals surface area contributed by atoms with Crippen molar-refractivity contribution in [2.24, 2.45) is 11.8 Å². The van der Waals surface area contributed by atoms with Crippen LogP contribution in [-0.4, -0.2) is 60.8 Å². The Morgan fingerprint density at radius 2 is 2.14 bits per heavy atom. The zero-order valence-corrected chi connectivity index (χ0v) is 14.0. The summed E-state index contributed by atoms with van der Waals surface area (Å²) in [4.78, 5) is 26.0. The van der Waals surface area contributed by atoms with E-state index in [4.69, 9.17) is 9.84 Å². The number of carbonyl (C=O) groups excluding carboxylic acids is 2. The Hall–Kier alpha value is -1.14. The minimum atomic E-state index is -0.159. The first-order valence-corrected chi connectivity index (χ1v) is 8.27. The summed E-state index contributed by atoms with van der Waals surface area (Å²) >= 11 is 0. The van der Waals surface area contributed by atoms with E-state index in [0.717, 1.165) is 19.4 Å². The van der Waals surface area contributed by atoms with Gasteiger partial charge in [-0.15, -0.1) is 0 Å². The van der Waals surface area contributed by atoms with E-state index in [-0.39, 0.29) is 36.4 Å². The van der Waals surface area contributed by atoms with Crippen LogP contribution in [0.25, 0.3) is 0 Å². The van der Waals surface area contributed by atoms with Crippen LogP contribution in [0.4, 0.5) is 0 Å². The van der Waals surface area contributed by atoms with Gasteiger partial charge in [0.25, 0.3) is 0 Å². The second kappa shape index (κ2) is 9.79. The highest BCUT2D eigenvalue weighted by atomic mass is 16.5. The lowest BCUT2D eigenvalue weighted by Crippen LogP contribution is -2.47. The van der Waals surface area contributed by atoms with Crippen molar-refractivity contribution in [3.8, 4) is 0 Å². The lowest BCUT2D eigenvalue weighted by Gasteiger charge is -2.31. The Bertz CT molecular complexity index is 360. The van der Waals surface area contributed by atoms with Crippen LogP contribution in [0.15, 0.2) is 0 Å². The highest BCUT2D eigenvalue weighted by Crippen LogP contribution is 2.17. The number of ether oxygens (including phenoxy) is 1. The third-order valence-electron chi connectivity index (χ3n) is 4.08. The molecule has 22 heavy (non-hydrogen) atoms. The summed E-state index contributed by atoms with van der Waals surface area (Å²) in [5.74, 6) is -0.0471. The van der Waals surface area contributed by atoms with Crippen LogP contribution in [0.3, 0.4) is 0 Å². The normalized spacial score (nSPS) is 20.7. The molecule has 0 aliphatic carbocycles. The van der Waals surface area contributed by atoms with Crippen LogP contribution in [-0.2, 0) is 14.3 Å². The van der Waals surface area contributed by atoms with E-state index in [1.165, 1.54) is 0 Å². The minimum Gasteiger partial charge on any atom is -0.466 e. The van der Waals surface area contributed by atoms with E-state index in [1.807, 2.05) is 18.7 Å². The van der Waals surface area contributed by atoms with Crippen LogP contribution in [0.1, 0.15) is 40.0 Å². The van der Waals surface area contributed by atoms with Crippen molar-refractivity contribution in [2.45, 2.75) is 46.1 Å². The van der Waals surface area contributed by atoms with E-state index in [2.05, 4.69) is 5.32 Å². The average molecular weight is 314 g/mol. The molecule has 1 fully saturated rings. The predicted molar refractivity (Wildman–Crippen MR) is 84.3 cm³/mol. The number of carbonyl (C=O) groups is 2. The van der Waals surface area contributed by atoms with Gasteiger partial charge in [0, 0.05) is 19.2 Å². The van der Waals surface area contributed by atoms with Crippen LogP contribution in [0.5, 0.6) is 0 Å². The highest BCUT2D eigenvalue weighted by Gasteiger charge is 2.28. The molecule has 1 saturated heterocycles. The first kappa shape index (κ1) is 18.9. The summed E-state index contributed by atoms with van der Waals surface area (Å²) in [5, 5.41) is 12.0. The lowest BCUT2D eigenvalue weighted by molar-refractivity contribution is -0.150. The molecule has 0 aromatic carbocycles.